The number of nitrogens with zero attached hydrogens (tertiary/aromatic N) is 3. The predicted molar refractivity (Wildman–Crippen MR) is 110 cm³/mol. The first-order valence-electron chi connectivity index (χ1n) is 9.10. The normalized spacial score (nSPS) is 20.2. The summed E-state index contributed by atoms with van der Waals surface area (Å²) in [7, 11) is 0. The Labute approximate surface area is 167 Å². The first-order chi connectivity index (χ1) is 11.8. The lowest BCUT2D eigenvalue weighted by Crippen LogP contribution is -2.40. The Morgan fingerprint density at radius 2 is 1.88 bits per heavy atom. The Bertz CT molecular complexity index is 767. The van der Waals surface area contributed by atoms with Crippen molar-refractivity contribution in [2.45, 2.75) is 37.9 Å². The van der Waals surface area contributed by atoms with E-state index in [9.17, 15) is 0 Å². The minimum atomic E-state index is 0. The zero-order valence-electron chi connectivity index (χ0n) is 14.9. The van der Waals surface area contributed by atoms with Gasteiger partial charge >= 0.3 is 0 Å². The molecule has 3 aliphatic rings. The van der Waals surface area contributed by atoms with Crippen LogP contribution >= 0.6 is 24.8 Å². The van der Waals surface area contributed by atoms with E-state index >= 15 is 0 Å². The second kappa shape index (κ2) is 7.73. The molecular formula is C20H26Cl2N4. The molecule has 26 heavy (non-hydrogen) atoms. The highest BCUT2D eigenvalue weighted by Gasteiger charge is 2.37. The maximum atomic E-state index is 4.79. The fraction of sp³-hybridized carbons (Fsp3) is 0.450. The van der Waals surface area contributed by atoms with E-state index in [1.807, 2.05) is 0 Å². The molecule has 1 N–H and O–H groups in total. The Morgan fingerprint density at radius 1 is 1.08 bits per heavy atom. The molecule has 2 aromatic rings. The molecule has 0 bridgehead atoms. The van der Waals surface area contributed by atoms with Gasteiger partial charge in [0.1, 0.15) is 0 Å². The summed E-state index contributed by atoms with van der Waals surface area (Å²) in [6.45, 7) is 6.28. The number of fused-ring (bicyclic) bond motifs is 3. The van der Waals surface area contributed by atoms with E-state index in [0.29, 0.717) is 0 Å². The number of aromatic nitrogens is 2. The fourth-order valence-electron chi connectivity index (χ4n) is 4.54. The van der Waals surface area contributed by atoms with Crippen LogP contribution in [0.1, 0.15) is 35.4 Å². The summed E-state index contributed by atoms with van der Waals surface area (Å²) in [6.07, 6.45) is 7.21. The largest absolute Gasteiger partial charge is 0.309 e. The van der Waals surface area contributed by atoms with Gasteiger partial charge in [0.15, 0.2) is 0 Å². The van der Waals surface area contributed by atoms with Crippen LogP contribution in [0.15, 0.2) is 36.4 Å². The molecule has 0 amide bonds. The number of nitrogens with one attached hydrogen (secondary N) is 1. The molecule has 1 fully saturated rings. The van der Waals surface area contributed by atoms with Crippen LogP contribution in [0.4, 0.5) is 0 Å². The quantitative estimate of drug-likeness (QED) is 0.849. The van der Waals surface area contributed by atoms with Crippen molar-refractivity contribution >= 4 is 30.9 Å². The maximum Gasteiger partial charge on any atom is 0.0768 e. The van der Waals surface area contributed by atoms with Crippen molar-refractivity contribution in [3.63, 3.8) is 0 Å². The lowest BCUT2D eigenvalue weighted by Gasteiger charge is -2.39. The molecule has 1 aromatic heterocycles. The first-order valence-corrected chi connectivity index (χ1v) is 9.10. The molecule has 3 heterocycles. The van der Waals surface area contributed by atoms with Crippen LogP contribution < -0.4 is 5.32 Å². The summed E-state index contributed by atoms with van der Waals surface area (Å²) < 4.78 is 2.17. The number of benzene rings is 1. The standard InChI is InChI=1S/C20H24N4.2ClH/c1-2-4-19-16(3-1)5-6-20(19)7-10-23(11-8-20)15-17-13-18-14-21-9-12-24(18)22-17;;/h1-6,13,21H,7-12,14-15H2;2*1H. The minimum absolute atomic E-state index is 0. The Morgan fingerprint density at radius 3 is 2.69 bits per heavy atom. The van der Waals surface area contributed by atoms with E-state index in [-0.39, 0.29) is 30.2 Å². The molecule has 1 spiro atoms. The number of hydrogen-bond acceptors (Lipinski definition) is 3. The van der Waals surface area contributed by atoms with Gasteiger partial charge in [-0.1, -0.05) is 36.4 Å². The SMILES string of the molecule is C1=CC2(CCN(Cc3cc4n(n3)CCNC4)CC2)c2ccccc21.Cl.Cl. The zero-order valence-corrected chi connectivity index (χ0v) is 16.5. The van der Waals surface area contributed by atoms with E-state index in [0.717, 1.165) is 39.3 Å². The van der Waals surface area contributed by atoms with Gasteiger partial charge in [0.25, 0.3) is 0 Å². The molecule has 0 saturated carbocycles. The molecule has 0 radical (unpaired) electrons. The van der Waals surface area contributed by atoms with E-state index in [1.54, 1.807) is 0 Å². The van der Waals surface area contributed by atoms with Gasteiger partial charge in [-0.15, -0.1) is 24.8 Å². The molecule has 5 rings (SSSR count). The molecule has 1 saturated heterocycles. The first kappa shape index (κ1) is 19.4. The predicted octanol–water partition coefficient (Wildman–Crippen LogP) is 3.39. The smallest absolute Gasteiger partial charge is 0.0768 e. The molecule has 4 nitrogen and oxygen atoms in total. The summed E-state index contributed by atoms with van der Waals surface area (Å²) in [5.41, 5.74) is 5.79. The molecule has 0 unspecified atom stereocenters. The summed E-state index contributed by atoms with van der Waals surface area (Å²) in [4.78, 5) is 2.57. The van der Waals surface area contributed by atoms with Crippen LogP contribution in [-0.4, -0.2) is 34.3 Å². The fourth-order valence-corrected chi connectivity index (χ4v) is 4.54. The van der Waals surface area contributed by atoms with E-state index in [4.69, 9.17) is 5.10 Å². The number of rotatable bonds is 2. The van der Waals surface area contributed by atoms with Crippen LogP contribution in [0.2, 0.25) is 0 Å². The summed E-state index contributed by atoms with van der Waals surface area (Å²) in [5.74, 6) is 0. The van der Waals surface area contributed by atoms with Crippen LogP contribution in [0.5, 0.6) is 0 Å². The number of likely N-dealkylation sites (tertiary alicyclic amines) is 1. The molecule has 140 valence electrons. The number of allylic oxidation sites excluding steroid dienone is 1. The lowest BCUT2D eigenvalue weighted by atomic mass is 9.74. The Hall–Kier alpha value is -1.33. The van der Waals surface area contributed by atoms with Crippen molar-refractivity contribution in [3.05, 3.63) is 58.9 Å². The van der Waals surface area contributed by atoms with Crippen molar-refractivity contribution in [1.29, 1.82) is 0 Å². The Kier molecular flexibility index (Phi) is 5.78. The number of hydrogen-bond donors (Lipinski definition) is 1. The summed E-state index contributed by atoms with van der Waals surface area (Å²) in [5, 5.41) is 8.21. The van der Waals surface area contributed by atoms with Gasteiger partial charge in [-0.2, -0.15) is 5.10 Å². The van der Waals surface area contributed by atoms with Crippen molar-refractivity contribution in [1.82, 2.24) is 20.0 Å². The van der Waals surface area contributed by atoms with Crippen LogP contribution in [0.25, 0.3) is 6.08 Å². The van der Waals surface area contributed by atoms with Crippen LogP contribution in [0.3, 0.4) is 0 Å². The molecule has 6 heteroatoms. The molecule has 2 aliphatic heterocycles. The maximum absolute atomic E-state index is 4.79. The second-order valence-electron chi connectivity index (χ2n) is 7.38. The van der Waals surface area contributed by atoms with Crippen molar-refractivity contribution in [2.24, 2.45) is 0 Å². The third-order valence-corrected chi connectivity index (χ3v) is 5.93. The minimum Gasteiger partial charge on any atom is -0.309 e. The van der Waals surface area contributed by atoms with Gasteiger partial charge in [-0.25, -0.2) is 0 Å². The molecular weight excluding hydrogens is 367 g/mol. The van der Waals surface area contributed by atoms with Crippen LogP contribution in [-0.2, 0) is 25.0 Å². The van der Waals surface area contributed by atoms with E-state index < -0.39 is 0 Å². The molecule has 1 aliphatic carbocycles. The zero-order chi connectivity index (χ0) is 16.0. The van der Waals surface area contributed by atoms with Crippen molar-refractivity contribution < 1.29 is 0 Å². The number of piperidine rings is 1. The monoisotopic (exact) mass is 392 g/mol. The highest BCUT2D eigenvalue weighted by atomic mass is 35.5. The highest BCUT2D eigenvalue weighted by molar-refractivity contribution is 5.85. The second-order valence-corrected chi connectivity index (χ2v) is 7.38. The van der Waals surface area contributed by atoms with Gasteiger partial charge in [-0.3, -0.25) is 9.58 Å². The van der Waals surface area contributed by atoms with E-state index in [2.05, 4.69) is 57.4 Å². The average Bonchev–Trinajstić information content (AvgIpc) is 3.19. The van der Waals surface area contributed by atoms with Gasteiger partial charge in [-0.05, 0) is 43.1 Å². The molecule has 1 aromatic carbocycles. The van der Waals surface area contributed by atoms with Crippen molar-refractivity contribution in [2.75, 3.05) is 19.6 Å². The van der Waals surface area contributed by atoms with Gasteiger partial charge in [0.2, 0.25) is 0 Å². The number of halogens is 2. The summed E-state index contributed by atoms with van der Waals surface area (Å²) >= 11 is 0. The third-order valence-electron chi connectivity index (χ3n) is 5.93. The lowest BCUT2D eigenvalue weighted by molar-refractivity contribution is 0.175. The highest BCUT2D eigenvalue weighted by Crippen LogP contribution is 2.43. The topological polar surface area (TPSA) is 33.1 Å². The van der Waals surface area contributed by atoms with Crippen molar-refractivity contribution in [3.8, 4) is 0 Å². The third kappa shape index (κ3) is 3.31. The van der Waals surface area contributed by atoms with Gasteiger partial charge in [0, 0.05) is 25.0 Å². The van der Waals surface area contributed by atoms with E-state index in [1.165, 1.54) is 35.4 Å². The Balaban J connectivity index is 0.000000980. The summed E-state index contributed by atoms with van der Waals surface area (Å²) in [6, 6.07) is 11.2. The van der Waals surface area contributed by atoms with Gasteiger partial charge in [0.05, 0.1) is 17.9 Å². The van der Waals surface area contributed by atoms with Crippen LogP contribution in [0, 0.1) is 0 Å². The average molecular weight is 393 g/mol. The molecule has 0 atom stereocenters. The van der Waals surface area contributed by atoms with Gasteiger partial charge < -0.3 is 5.32 Å².